The Morgan fingerprint density at radius 2 is 2.15 bits per heavy atom. The van der Waals surface area contributed by atoms with Gasteiger partial charge in [-0.2, -0.15) is 5.26 Å². The van der Waals surface area contributed by atoms with Crippen molar-refractivity contribution in [3.8, 4) is 11.8 Å². The van der Waals surface area contributed by atoms with Gasteiger partial charge >= 0.3 is 0 Å². The minimum absolute atomic E-state index is 0.0575. The van der Waals surface area contributed by atoms with Crippen LogP contribution < -0.4 is 5.32 Å². The third-order valence-corrected chi connectivity index (χ3v) is 6.10. The highest BCUT2D eigenvalue weighted by Crippen LogP contribution is 2.41. The van der Waals surface area contributed by atoms with Crippen LogP contribution in [0.15, 0.2) is 18.2 Å². The standard InChI is InChI=1S/C21H28N2O3/c1-26-18-8-5-16(6-9-18)20(25)23-12-11-21(14-22)10-2-3-15-4-7-17(24)13-19(15)21/h4,7,13,16,18,24H,2-3,5-6,8-12H2,1H3,(H,23,25). The highest BCUT2D eigenvalue weighted by molar-refractivity contribution is 5.78. The van der Waals surface area contributed by atoms with E-state index in [0.29, 0.717) is 13.0 Å². The summed E-state index contributed by atoms with van der Waals surface area (Å²) >= 11 is 0. The molecule has 1 aromatic rings. The van der Waals surface area contributed by atoms with Gasteiger partial charge in [0, 0.05) is 19.6 Å². The molecule has 0 heterocycles. The molecule has 0 saturated heterocycles. The summed E-state index contributed by atoms with van der Waals surface area (Å²) in [5.74, 6) is 0.353. The summed E-state index contributed by atoms with van der Waals surface area (Å²) in [6.45, 7) is 0.492. The van der Waals surface area contributed by atoms with Gasteiger partial charge in [-0.3, -0.25) is 4.79 Å². The van der Waals surface area contributed by atoms with Crippen molar-refractivity contribution >= 4 is 5.91 Å². The van der Waals surface area contributed by atoms with Gasteiger partial charge in [-0.25, -0.2) is 0 Å². The molecule has 1 saturated carbocycles. The molecular weight excluding hydrogens is 328 g/mol. The predicted octanol–water partition coefficient (Wildman–Crippen LogP) is 3.20. The average Bonchev–Trinajstić information content (AvgIpc) is 2.68. The number of methoxy groups -OCH3 is 1. The van der Waals surface area contributed by atoms with E-state index in [-0.39, 0.29) is 23.7 Å². The molecule has 1 atom stereocenters. The Morgan fingerprint density at radius 1 is 1.38 bits per heavy atom. The van der Waals surface area contributed by atoms with Gasteiger partial charge in [0.15, 0.2) is 0 Å². The van der Waals surface area contributed by atoms with Crippen molar-refractivity contribution in [2.75, 3.05) is 13.7 Å². The Bertz CT molecular complexity index is 689. The Balaban J connectivity index is 1.60. The molecule has 1 aromatic carbocycles. The number of fused-ring (bicyclic) bond motifs is 1. The second-order valence-corrected chi connectivity index (χ2v) is 7.64. The molecule has 3 rings (SSSR count). The zero-order valence-corrected chi connectivity index (χ0v) is 15.5. The van der Waals surface area contributed by atoms with Crippen LogP contribution in [0.2, 0.25) is 0 Å². The molecule has 0 aromatic heterocycles. The molecular formula is C21H28N2O3. The zero-order chi connectivity index (χ0) is 18.6. The smallest absolute Gasteiger partial charge is 0.223 e. The molecule has 0 spiro atoms. The number of nitrogens with zero attached hydrogens (tertiary/aromatic N) is 1. The second-order valence-electron chi connectivity index (χ2n) is 7.64. The first-order valence-electron chi connectivity index (χ1n) is 9.62. The lowest BCUT2D eigenvalue weighted by atomic mass is 9.69. The third-order valence-electron chi connectivity index (χ3n) is 6.10. The summed E-state index contributed by atoms with van der Waals surface area (Å²) in [6.07, 6.45) is 7.14. The first kappa shape index (κ1) is 18.7. The lowest BCUT2D eigenvalue weighted by Gasteiger charge is -2.34. The molecule has 0 radical (unpaired) electrons. The summed E-state index contributed by atoms with van der Waals surface area (Å²) in [6, 6.07) is 7.82. The SMILES string of the molecule is COC1CCC(C(=O)NCCC2(C#N)CCCc3ccc(O)cc32)CC1. The molecule has 2 aliphatic carbocycles. The number of benzene rings is 1. The number of carbonyl (C=O) groups excluding carboxylic acids is 1. The van der Waals surface area contributed by atoms with Crippen molar-refractivity contribution in [2.24, 2.45) is 5.92 Å². The minimum atomic E-state index is -0.618. The number of nitriles is 1. The van der Waals surface area contributed by atoms with Gasteiger partial charge in [0.25, 0.3) is 0 Å². The van der Waals surface area contributed by atoms with Gasteiger partial charge in [0.05, 0.1) is 17.6 Å². The highest BCUT2D eigenvalue weighted by atomic mass is 16.5. The molecule has 1 amide bonds. The fourth-order valence-electron chi connectivity index (χ4n) is 4.48. The minimum Gasteiger partial charge on any atom is -0.508 e. The second kappa shape index (κ2) is 8.09. The molecule has 0 aliphatic heterocycles. The largest absolute Gasteiger partial charge is 0.508 e. The van der Waals surface area contributed by atoms with E-state index in [2.05, 4.69) is 11.4 Å². The van der Waals surface area contributed by atoms with Crippen LogP contribution in [0.3, 0.4) is 0 Å². The molecule has 26 heavy (non-hydrogen) atoms. The maximum Gasteiger partial charge on any atom is 0.223 e. The molecule has 5 nitrogen and oxygen atoms in total. The molecule has 5 heteroatoms. The van der Waals surface area contributed by atoms with Crippen molar-refractivity contribution in [3.63, 3.8) is 0 Å². The molecule has 1 unspecified atom stereocenters. The highest BCUT2D eigenvalue weighted by Gasteiger charge is 2.37. The molecule has 140 valence electrons. The predicted molar refractivity (Wildman–Crippen MR) is 98.7 cm³/mol. The monoisotopic (exact) mass is 356 g/mol. The number of phenols is 1. The van der Waals surface area contributed by atoms with Crippen LogP contribution in [-0.4, -0.2) is 30.8 Å². The molecule has 2 N–H and O–H groups in total. The fourth-order valence-corrected chi connectivity index (χ4v) is 4.48. The number of amides is 1. The first-order valence-corrected chi connectivity index (χ1v) is 9.62. The summed E-state index contributed by atoms with van der Waals surface area (Å²) in [5.41, 5.74) is 1.45. The van der Waals surface area contributed by atoms with Gasteiger partial charge in [0.2, 0.25) is 5.91 Å². The van der Waals surface area contributed by atoms with Gasteiger partial charge in [-0.15, -0.1) is 0 Å². The van der Waals surface area contributed by atoms with E-state index in [1.54, 1.807) is 19.2 Å². The summed E-state index contributed by atoms with van der Waals surface area (Å²) < 4.78 is 5.36. The number of ether oxygens (including phenoxy) is 1. The van der Waals surface area contributed by atoms with Gasteiger partial charge in [-0.05, 0) is 74.6 Å². The quantitative estimate of drug-likeness (QED) is 0.849. The van der Waals surface area contributed by atoms with E-state index in [9.17, 15) is 15.2 Å². The maximum atomic E-state index is 12.5. The molecule has 0 bridgehead atoms. The van der Waals surface area contributed by atoms with Gasteiger partial charge in [-0.1, -0.05) is 6.07 Å². The Morgan fingerprint density at radius 3 is 2.85 bits per heavy atom. The van der Waals surface area contributed by atoms with Crippen molar-refractivity contribution in [2.45, 2.75) is 62.9 Å². The van der Waals surface area contributed by atoms with Crippen molar-refractivity contribution < 1.29 is 14.6 Å². The number of hydrogen-bond donors (Lipinski definition) is 2. The van der Waals surface area contributed by atoms with Gasteiger partial charge in [0.1, 0.15) is 5.75 Å². The van der Waals surface area contributed by atoms with E-state index in [1.807, 2.05) is 6.07 Å². The number of nitrogens with one attached hydrogen (secondary N) is 1. The van der Waals surface area contributed by atoms with Crippen LogP contribution in [0.4, 0.5) is 0 Å². The number of rotatable bonds is 5. The van der Waals surface area contributed by atoms with E-state index in [4.69, 9.17) is 4.74 Å². The average molecular weight is 356 g/mol. The lowest BCUT2D eigenvalue weighted by molar-refractivity contribution is -0.126. The molecule has 1 fully saturated rings. The van der Waals surface area contributed by atoms with E-state index >= 15 is 0 Å². The lowest BCUT2D eigenvalue weighted by Crippen LogP contribution is -2.38. The number of phenolic OH excluding ortho intramolecular Hbond substituents is 1. The van der Waals surface area contributed by atoms with E-state index in [0.717, 1.165) is 56.1 Å². The normalized spacial score (nSPS) is 28.0. The van der Waals surface area contributed by atoms with Crippen LogP contribution in [0, 0.1) is 17.2 Å². The number of aromatic hydroxyl groups is 1. The van der Waals surface area contributed by atoms with Crippen LogP contribution in [0.25, 0.3) is 0 Å². The molecule has 2 aliphatic rings. The summed E-state index contributed by atoms with van der Waals surface area (Å²) in [7, 11) is 1.73. The van der Waals surface area contributed by atoms with E-state index < -0.39 is 5.41 Å². The van der Waals surface area contributed by atoms with Crippen molar-refractivity contribution in [1.82, 2.24) is 5.32 Å². The Labute approximate surface area is 155 Å². The number of carbonyl (C=O) groups is 1. The van der Waals surface area contributed by atoms with Crippen molar-refractivity contribution in [1.29, 1.82) is 5.26 Å². The van der Waals surface area contributed by atoms with Crippen LogP contribution in [0.5, 0.6) is 5.75 Å². The zero-order valence-electron chi connectivity index (χ0n) is 15.5. The Kier molecular flexibility index (Phi) is 5.83. The fraction of sp³-hybridized carbons (Fsp3) is 0.619. The van der Waals surface area contributed by atoms with Gasteiger partial charge < -0.3 is 15.2 Å². The third kappa shape index (κ3) is 3.86. The maximum absolute atomic E-state index is 12.5. The van der Waals surface area contributed by atoms with Crippen LogP contribution in [-0.2, 0) is 21.4 Å². The topological polar surface area (TPSA) is 82.3 Å². The Hall–Kier alpha value is -2.06. The van der Waals surface area contributed by atoms with Crippen LogP contribution >= 0.6 is 0 Å². The summed E-state index contributed by atoms with van der Waals surface area (Å²) in [5, 5.41) is 22.8. The van der Waals surface area contributed by atoms with Crippen LogP contribution in [0.1, 0.15) is 56.1 Å². The number of hydrogen-bond acceptors (Lipinski definition) is 4. The van der Waals surface area contributed by atoms with Crippen molar-refractivity contribution in [3.05, 3.63) is 29.3 Å². The van der Waals surface area contributed by atoms with E-state index in [1.165, 1.54) is 0 Å². The summed E-state index contributed by atoms with van der Waals surface area (Å²) in [4.78, 5) is 12.5. The number of aryl methyl sites for hydroxylation is 1. The first-order chi connectivity index (χ1) is 12.6.